The van der Waals surface area contributed by atoms with Crippen molar-refractivity contribution >= 4 is 21.8 Å². The third kappa shape index (κ3) is 5.12. The van der Waals surface area contributed by atoms with Crippen LogP contribution in [0, 0.1) is 0 Å². The normalized spacial score (nSPS) is 12.3. The molecule has 0 spiro atoms. The molecule has 0 saturated carbocycles. The first-order chi connectivity index (χ1) is 7.99. The molecule has 3 nitrogen and oxygen atoms in total. The van der Waals surface area contributed by atoms with Gasteiger partial charge in [0.25, 0.3) is 0 Å². The molecule has 1 aromatic carbocycles. The van der Waals surface area contributed by atoms with Crippen LogP contribution in [-0.2, 0) is 11.3 Å². The third-order valence-corrected chi connectivity index (χ3v) is 2.39. The first-order valence-corrected chi connectivity index (χ1v) is 5.86. The molecule has 1 aromatic rings. The van der Waals surface area contributed by atoms with Crippen LogP contribution in [0.25, 0.3) is 0 Å². The molecule has 0 aliphatic carbocycles. The first-order valence-electron chi connectivity index (χ1n) is 4.94. The topological polar surface area (TPSA) is 38.3 Å². The molecule has 6 heteroatoms. The van der Waals surface area contributed by atoms with Gasteiger partial charge in [-0.15, -0.1) is 0 Å². The lowest BCUT2D eigenvalue weighted by Gasteiger charge is -2.08. The molecule has 94 valence electrons. The maximum atomic E-state index is 11.9. The van der Waals surface area contributed by atoms with Gasteiger partial charge < -0.3 is 10.1 Å². The third-order valence-electron chi connectivity index (χ3n) is 1.98. The van der Waals surface area contributed by atoms with Crippen LogP contribution >= 0.6 is 15.9 Å². The van der Waals surface area contributed by atoms with Crippen molar-refractivity contribution in [1.82, 2.24) is 5.32 Å². The van der Waals surface area contributed by atoms with E-state index >= 15 is 0 Å². The number of carbonyl (C=O) groups excluding carboxylic acids is 1. The molecule has 17 heavy (non-hydrogen) atoms. The summed E-state index contributed by atoms with van der Waals surface area (Å²) in [5, 5.41) is 2.68. The number of rotatable bonds is 5. The number of benzene rings is 1. The summed E-state index contributed by atoms with van der Waals surface area (Å²) < 4.78 is 28.0. The lowest BCUT2D eigenvalue weighted by molar-refractivity contribution is -0.120. The Morgan fingerprint density at radius 3 is 2.47 bits per heavy atom. The van der Waals surface area contributed by atoms with Gasteiger partial charge in [0.05, 0.1) is 4.83 Å². The number of hydrogen-bond acceptors (Lipinski definition) is 2. The Bertz CT molecular complexity index is 368. The quantitative estimate of drug-likeness (QED) is 0.849. The molecule has 1 unspecified atom stereocenters. The average molecular weight is 308 g/mol. The van der Waals surface area contributed by atoms with E-state index in [2.05, 4.69) is 26.0 Å². The van der Waals surface area contributed by atoms with Crippen LogP contribution in [-0.4, -0.2) is 17.3 Å². The summed E-state index contributed by atoms with van der Waals surface area (Å²) in [6, 6.07) is 6.12. The maximum absolute atomic E-state index is 11.9. The number of carbonyl (C=O) groups is 1. The van der Waals surface area contributed by atoms with Crippen molar-refractivity contribution in [2.45, 2.75) is 24.9 Å². The molecule has 0 heterocycles. The molecule has 1 amide bonds. The second-order valence-corrected chi connectivity index (χ2v) is 4.73. The van der Waals surface area contributed by atoms with E-state index in [1.54, 1.807) is 19.1 Å². The summed E-state index contributed by atoms with van der Waals surface area (Å²) in [4.78, 5) is 11.0. The predicted molar refractivity (Wildman–Crippen MR) is 63.3 cm³/mol. The Labute approximate surface area is 106 Å². The van der Waals surface area contributed by atoms with Gasteiger partial charge in [-0.2, -0.15) is 8.78 Å². The van der Waals surface area contributed by atoms with Gasteiger partial charge in [0.1, 0.15) is 5.75 Å². The summed E-state index contributed by atoms with van der Waals surface area (Å²) in [5.74, 6) is -0.0261. The number of alkyl halides is 3. The monoisotopic (exact) mass is 307 g/mol. The zero-order chi connectivity index (χ0) is 12.8. The lowest BCUT2D eigenvalue weighted by Crippen LogP contribution is -2.28. The van der Waals surface area contributed by atoms with Crippen LogP contribution in [0.3, 0.4) is 0 Å². The van der Waals surface area contributed by atoms with Crippen molar-refractivity contribution in [3.8, 4) is 5.75 Å². The Morgan fingerprint density at radius 2 is 2.00 bits per heavy atom. The largest absolute Gasteiger partial charge is 0.435 e. The van der Waals surface area contributed by atoms with Crippen molar-refractivity contribution < 1.29 is 18.3 Å². The molecule has 1 N–H and O–H groups in total. The molecular formula is C11H12BrF2NO2. The van der Waals surface area contributed by atoms with Crippen molar-refractivity contribution in [2.75, 3.05) is 0 Å². The summed E-state index contributed by atoms with van der Waals surface area (Å²) in [7, 11) is 0. The van der Waals surface area contributed by atoms with Crippen molar-refractivity contribution in [2.24, 2.45) is 0 Å². The van der Waals surface area contributed by atoms with Gasteiger partial charge in [0.2, 0.25) is 5.91 Å². The van der Waals surface area contributed by atoms with Crippen molar-refractivity contribution in [3.63, 3.8) is 0 Å². The maximum Gasteiger partial charge on any atom is 0.387 e. The molecule has 0 radical (unpaired) electrons. The fraction of sp³-hybridized carbons (Fsp3) is 0.364. The van der Waals surface area contributed by atoms with Gasteiger partial charge >= 0.3 is 6.61 Å². The highest BCUT2D eigenvalue weighted by Crippen LogP contribution is 2.14. The standard InChI is InChI=1S/C11H12BrF2NO2/c1-7(12)10(16)15-6-8-2-4-9(5-3-8)17-11(13)14/h2-5,7,11H,6H2,1H3,(H,15,16). The van der Waals surface area contributed by atoms with E-state index in [9.17, 15) is 13.6 Å². The number of halogens is 3. The van der Waals surface area contributed by atoms with E-state index in [0.717, 1.165) is 5.56 Å². The summed E-state index contributed by atoms with van der Waals surface area (Å²) in [6.45, 7) is -0.756. The smallest absolute Gasteiger partial charge is 0.387 e. The van der Waals surface area contributed by atoms with E-state index in [1.807, 2.05) is 0 Å². The highest BCUT2D eigenvalue weighted by atomic mass is 79.9. The van der Waals surface area contributed by atoms with Gasteiger partial charge in [-0.25, -0.2) is 0 Å². The molecule has 0 aliphatic heterocycles. The minimum absolute atomic E-state index is 0.101. The van der Waals surface area contributed by atoms with Crippen molar-refractivity contribution in [1.29, 1.82) is 0 Å². The number of nitrogens with one attached hydrogen (secondary N) is 1. The van der Waals surface area contributed by atoms with E-state index < -0.39 is 6.61 Å². The van der Waals surface area contributed by atoms with Crippen LogP contribution in [0.4, 0.5) is 8.78 Å². The summed E-state index contributed by atoms with van der Waals surface area (Å²) in [5.41, 5.74) is 0.813. The van der Waals surface area contributed by atoms with Crippen LogP contribution in [0.15, 0.2) is 24.3 Å². The Hall–Kier alpha value is -1.17. The predicted octanol–water partition coefficient (Wildman–Crippen LogP) is 2.69. The van der Waals surface area contributed by atoms with Crippen molar-refractivity contribution in [3.05, 3.63) is 29.8 Å². The SMILES string of the molecule is CC(Br)C(=O)NCc1ccc(OC(F)F)cc1. The van der Waals surface area contributed by atoms with Crippen LogP contribution in [0.5, 0.6) is 5.75 Å². The van der Waals surface area contributed by atoms with Gasteiger partial charge in [-0.1, -0.05) is 28.1 Å². The number of hydrogen-bond donors (Lipinski definition) is 1. The molecule has 0 bridgehead atoms. The average Bonchev–Trinajstić information content (AvgIpc) is 2.26. The van der Waals surface area contributed by atoms with E-state index in [0.29, 0.717) is 6.54 Å². The van der Waals surface area contributed by atoms with Crippen LogP contribution in [0.1, 0.15) is 12.5 Å². The zero-order valence-electron chi connectivity index (χ0n) is 9.12. The lowest BCUT2D eigenvalue weighted by atomic mass is 10.2. The van der Waals surface area contributed by atoms with Crippen LogP contribution in [0.2, 0.25) is 0 Å². The molecule has 1 atom stereocenters. The number of ether oxygens (including phenoxy) is 1. The minimum Gasteiger partial charge on any atom is -0.435 e. The first kappa shape index (κ1) is 13.9. The van der Waals surface area contributed by atoms with Gasteiger partial charge in [-0.3, -0.25) is 4.79 Å². The molecule has 0 saturated heterocycles. The Kier molecular flexibility index (Phi) is 5.34. The van der Waals surface area contributed by atoms with Crippen LogP contribution < -0.4 is 10.1 Å². The molecular weight excluding hydrogens is 296 g/mol. The molecule has 1 rings (SSSR count). The molecule has 0 aromatic heterocycles. The Morgan fingerprint density at radius 1 is 1.41 bits per heavy atom. The fourth-order valence-corrected chi connectivity index (χ4v) is 1.28. The second kappa shape index (κ2) is 6.54. The highest BCUT2D eigenvalue weighted by Gasteiger charge is 2.08. The van der Waals surface area contributed by atoms with E-state index in [4.69, 9.17) is 0 Å². The second-order valence-electron chi connectivity index (χ2n) is 3.36. The fourth-order valence-electron chi connectivity index (χ4n) is 1.12. The van der Waals surface area contributed by atoms with E-state index in [-0.39, 0.29) is 16.5 Å². The van der Waals surface area contributed by atoms with E-state index in [1.165, 1.54) is 12.1 Å². The highest BCUT2D eigenvalue weighted by molar-refractivity contribution is 9.10. The summed E-state index contributed by atoms with van der Waals surface area (Å²) in [6.07, 6.45) is 0. The van der Waals surface area contributed by atoms with Gasteiger partial charge in [0.15, 0.2) is 0 Å². The zero-order valence-corrected chi connectivity index (χ0v) is 10.7. The van der Waals surface area contributed by atoms with Gasteiger partial charge in [0, 0.05) is 6.54 Å². The Balaban J connectivity index is 2.48. The van der Waals surface area contributed by atoms with Gasteiger partial charge in [-0.05, 0) is 24.6 Å². The summed E-state index contributed by atoms with van der Waals surface area (Å²) >= 11 is 3.14. The molecule has 0 fully saturated rings. The number of amides is 1. The minimum atomic E-state index is -2.82. The molecule has 0 aliphatic rings.